The number of amides is 2. The van der Waals surface area contributed by atoms with Crippen molar-refractivity contribution in [3.05, 3.63) is 53.9 Å². The number of hydrogen-bond donors (Lipinski definition) is 2. The molecule has 25 heavy (non-hydrogen) atoms. The highest BCUT2D eigenvalue weighted by Crippen LogP contribution is 2.15. The van der Waals surface area contributed by atoms with Crippen molar-refractivity contribution in [3.63, 3.8) is 0 Å². The van der Waals surface area contributed by atoms with E-state index >= 15 is 0 Å². The first-order valence-corrected chi connectivity index (χ1v) is 8.30. The molecule has 0 spiro atoms. The Hall–Kier alpha value is -3.14. The van der Waals surface area contributed by atoms with Crippen LogP contribution in [0.1, 0.15) is 24.0 Å². The van der Waals surface area contributed by atoms with E-state index in [0.29, 0.717) is 24.6 Å². The summed E-state index contributed by atoms with van der Waals surface area (Å²) in [5.41, 5.74) is 1.57. The van der Waals surface area contributed by atoms with Gasteiger partial charge < -0.3 is 15.5 Å². The van der Waals surface area contributed by atoms with Crippen LogP contribution in [-0.2, 0) is 6.54 Å². The van der Waals surface area contributed by atoms with E-state index in [1.54, 1.807) is 30.6 Å². The number of aromatic nitrogens is 2. The van der Waals surface area contributed by atoms with Crippen LogP contribution < -0.4 is 15.5 Å². The lowest BCUT2D eigenvalue weighted by molar-refractivity contribution is 0.234. The number of carbonyl (C=O) groups is 1. The van der Waals surface area contributed by atoms with Crippen molar-refractivity contribution >= 4 is 12.0 Å². The van der Waals surface area contributed by atoms with Crippen LogP contribution in [0.25, 0.3) is 0 Å². The lowest BCUT2D eigenvalue weighted by Gasteiger charge is -2.33. The molecule has 1 atom stereocenters. The minimum absolute atomic E-state index is 0.0681. The van der Waals surface area contributed by atoms with Crippen LogP contribution in [0.4, 0.5) is 10.7 Å². The predicted molar refractivity (Wildman–Crippen MR) is 93.8 cm³/mol. The van der Waals surface area contributed by atoms with Crippen molar-refractivity contribution in [3.8, 4) is 6.07 Å². The van der Waals surface area contributed by atoms with Gasteiger partial charge in [-0.05, 0) is 36.6 Å². The molecule has 3 rings (SSSR count). The van der Waals surface area contributed by atoms with E-state index in [2.05, 4.69) is 31.6 Å². The predicted octanol–water partition coefficient (Wildman–Crippen LogP) is 1.82. The number of anilines is 1. The van der Waals surface area contributed by atoms with Gasteiger partial charge in [-0.3, -0.25) is 0 Å². The fourth-order valence-corrected chi connectivity index (χ4v) is 2.85. The van der Waals surface area contributed by atoms with Gasteiger partial charge in [0.05, 0.1) is 11.6 Å². The Morgan fingerprint density at radius 2 is 2.04 bits per heavy atom. The Labute approximate surface area is 146 Å². The maximum Gasteiger partial charge on any atom is 0.315 e. The summed E-state index contributed by atoms with van der Waals surface area (Å²) >= 11 is 0. The number of carbonyl (C=O) groups excluding carboxylic acids is 1. The topological polar surface area (TPSA) is 93.9 Å². The summed E-state index contributed by atoms with van der Waals surface area (Å²) in [7, 11) is 0. The van der Waals surface area contributed by atoms with Crippen molar-refractivity contribution in [2.45, 2.75) is 25.4 Å². The molecular formula is C18H20N6O. The Kier molecular flexibility index (Phi) is 5.42. The largest absolute Gasteiger partial charge is 0.339 e. The maximum atomic E-state index is 12.1. The summed E-state index contributed by atoms with van der Waals surface area (Å²) < 4.78 is 0. The first-order valence-electron chi connectivity index (χ1n) is 8.30. The van der Waals surface area contributed by atoms with Crippen LogP contribution in [0.2, 0.25) is 0 Å². The van der Waals surface area contributed by atoms with Gasteiger partial charge in [-0.1, -0.05) is 12.1 Å². The standard InChI is InChI=1S/C18H20N6O/c19-11-14-4-6-15(7-5-14)12-22-18(25)23-16-3-1-10-24(13-16)17-20-8-2-9-21-17/h2,4-9,16H,1,3,10,12-13H2,(H2,22,23,25)/t16-/m0/s1. The summed E-state index contributed by atoms with van der Waals surface area (Å²) in [4.78, 5) is 22.8. The molecule has 1 aliphatic heterocycles. The lowest BCUT2D eigenvalue weighted by Crippen LogP contribution is -2.50. The van der Waals surface area contributed by atoms with Gasteiger partial charge in [-0.25, -0.2) is 14.8 Å². The summed E-state index contributed by atoms with van der Waals surface area (Å²) in [5, 5.41) is 14.7. The average Bonchev–Trinajstić information content (AvgIpc) is 2.68. The van der Waals surface area contributed by atoms with Crippen molar-refractivity contribution in [1.29, 1.82) is 5.26 Å². The molecule has 0 unspecified atom stereocenters. The molecule has 0 aliphatic carbocycles. The van der Waals surface area contributed by atoms with Gasteiger partial charge in [-0.2, -0.15) is 5.26 Å². The summed E-state index contributed by atoms with van der Waals surface area (Å²) in [6, 6.07) is 10.9. The number of nitriles is 1. The van der Waals surface area contributed by atoms with Crippen LogP contribution in [0, 0.1) is 11.3 Å². The monoisotopic (exact) mass is 336 g/mol. The average molecular weight is 336 g/mol. The first-order chi connectivity index (χ1) is 12.2. The second-order valence-electron chi connectivity index (χ2n) is 5.97. The summed E-state index contributed by atoms with van der Waals surface area (Å²) in [5.74, 6) is 0.701. The van der Waals surface area contributed by atoms with E-state index in [1.165, 1.54) is 0 Å². The van der Waals surface area contributed by atoms with E-state index in [4.69, 9.17) is 5.26 Å². The van der Waals surface area contributed by atoms with Gasteiger partial charge in [0, 0.05) is 38.1 Å². The van der Waals surface area contributed by atoms with Crippen LogP contribution in [0.5, 0.6) is 0 Å². The van der Waals surface area contributed by atoms with Crippen LogP contribution in [0.15, 0.2) is 42.7 Å². The van der Waals surface area contributed by atoms with Crippen LogP contribution in [-0.4, -0.2) is 35.1 Å². The van der Waals surface area contributed by atoms with Gasteiger partial charge in [-0.15, -0.1) is 0 Å². The van der Waals surface area contributed by atoms with E-state index in [0.717, 1.165) is 24.9 Å². The molecule has 2 aromatic rings. The molecule has 2 amide bonds. The number of piperidine rings is 1. The first kappa shape index (κ1) is 16.7. The Morgan fingerprint density at radius 3 is 2.76 bits per heavy atom. The van der Waals surface area contributed by atoms with Gasteiger partial charge in [0.25, 0.3) is 0 Å². The van der Waals surface area contributed by atoms with Crippen molar-refractivity contribution in [1.82, 2.24) is 20.6 Å². The minimum Gasteiger partial charge on any atom is -0.339 e. The number of benzene rings is 1. The molecule has 2 heterocycles. The van der Waals surface area contributed by atoms with Gasteiger partial charge >= 0.3 is 6.03 Å². The smallest absolute Gasteiger partial charge is 0.315 e. The van der Waals surface area contributed by atoms with E-state index in [-0.39, 0.29) is 12.1 Å². The SMILES string of the molecule is N#Cc1ccc(CNC(=O)N[C@H]2CCCN(c3ncccn3)C2)cc1. The molecule has 7 nitrogen and oxygen atoms in total. The molecule has 1 aromatic heterocycles. The summed E-state index contributed by atoms with van der Waals surface area (Å²) in [6.45, 7) is 2.03. The molecule has 0 radical (unpaired) electrons. The lowest BCUT2D eigenvalue weighted by atomic mass is 10.1. The number of nitrogens with zero attached hydrogens (tertiary/aromatic N) is 4. The highest BCUT2D eigenvalue weighted by Gasteiger charge is 2.22. The molecule has 1 aromatic carbocycles. The molecular weight excluding hydrogens is 316 g/mol. The van der Waals surface area contributed by atoms with Crippen molar-refractivity contribution in [2.75, 3.05) is 18.0 Å². The quantitative estimate of drug-likeness (QED) is 0.888. The van der Waals surface area contributed by atoms with Gasteiger partial charge in [0.15, 0.2) is 0 Å². The molecule has 0 bridgehead atoms. The zero-order chi connectivity index (χ0) is 17.5. The Morgan fingerprint density at radius 1 is 1.28 bits per heavy atom. The van der Waals surface area contributed by atoms with Crippen LogP contribution in [0.3, 0.4) is 0 Å². The second kappa shape index (κ2) is 8.11. The minimum atomic E-state index is -0.190. The van der Waals surface area contributed by atoms with E-state index in [1.807, 2.05) is 12.1 Å². The van der Waals surface area contributed by atoms with Crippen molar-refractivity contribution < 1.29 is 4.79 Å². The third-order valence-electron chi connectivity index (χ3n) is 4.13. The highest BCUT2D eigenvalue weighted by molar-refractivity contribution is 5.74. The third kappa shape index (κ3) is 4.67. The number of nitrogens with one attached hydrogen (secondary N) is 2. The second-order valence-corrected chi connectivity index (χ2v) is 5.97. The number of hydrogen-bond acceptors (Lipinski definition) is 5. The number of rotatable bonds is 4. The van der Waals surface area contributed by atoms with Crippen LogP contribution >= 0.6 is 0 Å². The zero-order valence-corrected chi connectivity index (χ0v) is 13.9. The molecule has 1 fully saturated rings. The van der Waals surface area contributed by atoms with Crippen molar-refractivity contribution in [2.24, 2.45) is 0 Å². The molecule has 1 saturated heterocycles. The fourth-order valence-electron chi connectivity index (χ4n) is 2.85. The molecule has 2 N–H and O–H groups in total. The maximum absolute atomic E-state index is 12.1. The Bertz CT molecular complexity index is 740. The van der Waals surface area contributed by atoms with E-state index < -0.39 is 0 Å². The highest BCUT2D eigenvalue weighted by atomic mass is 16.2. The van der Waals surface area contributed by atoms with Gasteiger partial charge in [0.2, 0.25) is 5.95 Å². The molecule has 128 valence electrons. The fraction of sp³-hybridized carbons (Fsp3) is 0.333. The molecule has 7 heteroatoms. The normalized spacial score (nSPS) is 16.8. The van der Waals surface area contributed by atoms with E-state index in [9.17, 15) is 4.79 Å². The molecule has 0 saturated carbocycles. The molecule has 1 aliphatic rings. The third-order valence-corrected chi connectivity index (χ3v) is 4.13. The Balaban J connectivity index is 1.48. The zero-order valence-electron chi connectivity index (χ0n) is 13.9. The van der Waals surface area contributed by atoms with Gasteiger partial charge in [0.1, 0.15) is 0 Å². The summed E-state index contributed by atoms with van der Waals surface area (Å²) in [6.07, 6.45) is 5.37. The number of urea groups is 1.